The summed E-state index contributed by atoms with van der Waals surface area (Å²) < 4.78 is 0.533. The monoisotopic (exact) mass is 260 g/mol. The van der Waals surface area contributed by atoms with Crippen LogP contribution in [0.5, 0.6) is 0 Å². The van der Waals surface area contributed by atoms with Gasteiger partial charge in [-0.15, -0.1) is 10.2 Å². The Morgan fingerprint density at radius 2 is 2.38 bits per heavy atom. The van der Waals surface area contributed by atoms with Crippen molar-refractivity contribution < 1.29 is 0 Å². The molecule has 4 nitrogen and oxygen atoms in total. The molecule has 0 bridgehead atoms. The molecule has 2 heterocycles. The van der Waals surface area contributed by atoms with E-state index in [1.165, 1.54) is 24.2 Å². The predicted octanol–water partition coefficient (Wildman–Crippen LogP) is 1.75. The number of aromatic nitrogens is 2. The molecule has 1 aromatic rings. The molecular formula is C10H17ClN4S. The van der Waals surface area contributed by atoms with Crippen molar-refractivity contribution in [2.45, 2.75) is 25.8 Å². The fraction of sp³-hybridized carbons (Fsp3) is 0.800. The summed E-state index contributed by atoms with van der Waals surface area (Å²) in [5.41, 5.74) is 5.60. The van der Waals surface area contributed by atoms with Gasteiger partial charge in [0.15, 0.2) is 0 Å². The summed E-state index contributed by atoms with van der Waals surface area (Å²) in [4.78, 5) is 2.43. The number of nitrogens with two attached hydrogens (primary N) is 1. The number of halogens is 1. The highest BCUT2D eigenvalue weighted by atomic mass is 35.5. The Balaban J connectivity index is 1.85. The molecule has 1 aliphatic heterocycles. The van der Waals surface area contributed by atoms with E-state index in [-0.39, 0.29) is 0 Å². The van der Waals surface area contributed by atoms with Crippen LogP contribution in [0, 0.1) is 5.92 Å². The molecule has 1 fully saturated rings. The van der Waals surface area contributed by atoms with E-state index in [1.54, 1.807) is 0 Å². The fourth-order valence-electron chi connectivity index (χ4n) is 2.25. The molecule has 2 rings (SSSR count). The van der Waals surface area contributed by atoms with Gasteiger partial charge < -0.3 is 5.73 Å². The van der Waals surface area contributed by atoms with E-state index in [0.29, 0.717) is 4.47 Å². The maximum absolute atomic E-state index is 5.77. The maximum Gasteiger partial charge on any atom is 0.207 e. The first-order chi connectivity index (χ1) is 7.78. The molecule has 1 aliphatic rings. The third kappa shape index (κ3) is 3.38. The van der Waals surface area contributed by atoms with E-state index in [2.05, 4.69) is 15.1 Å². The summed E-state index contributed by atoms with van der Waals surface area (Å²) in [7, 11) is 0. The van der Waals surface area contributed by atoms with Gasteiger partial charge in [-0.3, -0.25) is 4.90 Å². The van der Waals surface area contributed by atoms with Crippen LogP contribution in [0.2, 0.25) is 4.47 Å². The Labute approximate surface area is 105 Å². The summed E-state index contributed by atoms with van der Waals surface area (Å²) in [5.74, 6) is 0.752. The van der Waals surface area contributed by atoms with Crippen LogP contribution in [0.25, 0.3) is 0 Å². The van der Waals surface area contributed by atoms with Crippen molar-refractivity contribution in [2.75, 3.05) is 19.6 Å². The molecule has 0 amide bonds. The second kappa shape index (κ2) is 5.91. The molecule has 0 spiro atoms. The Morgan fingerprint density at radius 1 is 1.50 bits per heavy atom. The van der Waals surface area contributed by atoms with Gasteiger partial charge in [0.2, 0.25) is 4.47 Å². The number of nitrogens with zero attached hydrogens (tertiary/aromatic N) is 3. The lowest BCUT2D eigenvalue weighted by Crippen LogP contribution is -2.35. The van der Waals surface area contributed by atoms with Gasteiger partial charge >= 0.3 is 0 Å². The molecule has 1 atom stereocenters. The molecule has 1 saturated heterocycles. The standard InChI is InChI=1S/C10H17ClN4S/c11-10-14-13-9(16-10)7-15-5-1-2-8(6-15)3-4-12/h8H,1-7,12H2. The van der Waals surface area contributed by atoms with Crippen LogP contribution in [0.15, 0.2) is 0 Å². The number of likely N-dealkylation sites (tertiary alicyclic amines) is 1. The normalized spacial score (nSPS) is 22.5. The van der Waals surface area contributed by atoms with E-state index in [9.17, 15) is 0 Å². The lowest BCUT2D eigenvalue weighted by Gasteiger charge is -2.31. The molecule has 90 valence electrons. The van der Waals surface area contributed by atoms with Crippen LogP contribution < -0.4 is 5.73 Å². The van der Waals surface area contributed by atoms with E-state index in [1.807, 2.05) is 0 Å². The summed E-state index contributed by atoms with van der Waals surface area (Å²) in [6.45, 7) is 3.96. The first-order valence-electron chi connectivity index (χ1n) is 5.68. The van der Waals surface area contributed by atoms with E-state index in [0.717, 1.165) is 43.5 Å². The highest BCUT2D eigenvalue weighted by Crippen LogP contribution is 2.22. The van der Waals surface area contributed by atoms with Gasteiger partial charge in [0, 0.05) is 6.54 Å². The van der Waals surface area contributed by atoms with Crippen LogP contribution in [0.1, 0.15) is 24.3 Å². The molecule has 0 radical (unpaired) electrons. The first-order valence-corrected chi connectivity index (χ1v) is 6.87. The number of piperidine rings is 1. The molecule has 1 aromatic heterocycles. The van der Waals surface area contributed by atoms with Gasteiger partial charge in [-0.05, 0) is 49.9 Å². The second-order valence-corrected chi connectivity index (χ2v) is 5.91. The van der Waals surface area contributed by atoms with Crippen molar-refractivity contribution in [1.29, 1.82) is 0 Å². The zero-order valence-electron chi connectivity index (χ0n) is 9.23. The van der Waals surface area contributed by atoms with Crippen molar-refractivity contribution in [3.63, 3.8) is 0 Å². The third-order valence-corrected chi connectivity index (χ3v) is 3.98. The average Bonchev–Trinajstić information content (AvgIpc) is 2.65. The highest BCUT2D eigenvalue weighted by molar-refractivity contribution is 7.15. The van der Waals surface area contributed by atoms with E-state index in [4.69, 9.17) is 17.3 Å². The summed E-state index contributed by atoms with van der Waals surface area (Å²) in [6.07, 6.45) is 3.70. The minimum atomic E-state index is 0.533. The second-order valence-electron chi connectivity index (χ2n) is 4.27. The SMILES string of the molecule is NCCC1CCCN(Cc2nnc(Cl)s2)C1. The lowest BCUT2D eigenvalue weighted by atomic mass is 9.95. The third-order valence-electron chi connectivity index (χ3n) is 2.98. The summed E-state index contributed by atoms with van der Waals surface area (Å²) in [6, 6.07) is 0. The molecule has 0 aromatic carbocycles. The largest absolute Gasteiger partial charge is 0.330 e. The molecule has 2 N–H and O–H groups in total. The molecule has 1 unspecified atom stereocenters. The predicted molar refractivity (Wildman–Crippen MR) is 66.6 cm³/mol. The Kier molecular flexibility index (Phi) is 4.52. The smallest absolute Gasteiger partial charge is 0.207 e. The minimum Gasteiger partial charge on any atom is -0.330 e. The zero-order chi connectivity index (χ0) is 11.4. The molecule has 6 heteroatoms. The van der Waals surface area contributed by atoms with E-state index < -0.39 is 0 Å². The Morgan fingerprint density at radius 3 is 3.06 bits per heavy atom. The Bertz CT molecular complexity index is 328. The topological polar surface area (TPSA) is 55.0 Å². The zero-order valence-corrected chi connectivity index (χ0v) is 10.8. The maximum atomic E-state index is 5.77. The number of hydrogen-bond donors (Lipinski definition) is 1. The van der Waals surface area contributed by atoms with Crippen LogP contribution in [0.3, 0.4) is 0 Å². The van der Waals surface area contributed by atoms with Gasteiger partial charge in [-0.25, -0.2) is 0 Å². The van der Waals surface area contributed by atoms with Gasteiger partial charge in [0.1, 0.15) is 5.01 Å². The quantitative estimate of drug-likeness (QED) is 0.896. The molecular weight excluding hydrogens is 244 g/mol. The molecule has 0 saturated carbocycles. The van der Waals surface area contributed by atoms with Gasteiger partial charge in [0.25, 0.3) is 0 Å². The minimum absolute atomic E-state index is 0.533. The van der Waals surface area contributed by atoms with Crippen molar-refractivity contribution in [2.24, 2.45) is 11.7 Å². The van der Waals surface area contributed by atoms with Gasteiger partial charge in [-0.1, -0.05) is 11.3 Å². The van der Waals surface area contributed by atoms with Crippen molar-refractivity contribution >= 4 is 22.9 Å². The first kappa shape index (κ1) is 12.2. The summed E-state index contributed by atoms with van der Waals surface area (Å²) in [5, 5.41) is 8.89. The van der Waals surface area contributed by atoms with Crippen LogP contribution >= 0.6 is 22.9 Å². The van der Waals surface area contributed by atoms with Gasteiger partial charge in [0.05, 0.1) is 6.54 Å². The van der Waals surface area contributed by atoms with Crippen molar-refractivity contribution in [1.82, 2.24) is 15.1 Å². The highest BCUT2D eigenvalue weighted by Gasteiger charge is 2.20. The molecule has 0 aliphatic carbocycles. The van der Waals surface area contributed by atoms with Crippen LogP contribution in [0.4, 0.5) is 0 Å². The molecule has 16 heavy (non-hydrogen) atoms. The van der Waals surface area contributed by atoms with Gasteiger partial charge in [-0.2, -0.15) is 0 Å². The van der Waals surface area contributed by atoms with E-state index >= 15 is 0 Å². The number of hydrogen-bond acceptors (Lipinski definition) is 5. The number of rotatable bonds is 4. The Hall–Kier alpha value is -0.230. The van der Waals surface area contributed by atoms with Crippen molar-refractivity contribution in [3.05, 3.63) is 9.47 Å². The average molecular weight is 261 g/mol. The van der Waals surface area contributed by atoms with Crippen molar-refractivity contribution in [3.8, 4) is 0 Å². The fourth-order valence-corrected chi connectivity index (χ4v) is 3.16. The van der Waals surface area contributed by atoms with Crippen LogP contribution in [-0.2, 0) is 6.54 Å². The van der Waals surface area contributed by atoms with Crippen LogP contribution in [-0.4, -0.2) is 34.7 Å². The summed E-state index contributed by atoms with van der Waals surface area (Å²) >= 11 is 7.24. The lowest BCUT2D eigenvalue weighted by molar-refractivity contribution is 0.162.